The molecule has 0 saturated heterocycles. The Labute approximate surface area is 153 Å². The van der Waals surface area contributed by atoms with E-state index in [2.05, 4.69) is 66.1 Å². The first-order valence-electron chi connectivity index (χ1n) is 9.62. The highest BCUT2D eigenvalue weighted by molar-refractivity contribution is 5.79. The minimum Gasteiger partial charge on any atom is -0.378 e. The van der Waals surface area contributed by atoms with Crippen molar-refractivity contribution in [1.29, 1.82) is 0 Å². The molecule has 1 rings (SSSR count). The van der Waals surface area contributed by atoms with E-state index in [0.29, 0.717) is 12.0 Å². The van der Waals surface area contributed by atoms with Gasteiger partial charge >= 0.3 is 0 Å². The van der Waals surface area contributed by atoms with Gasteiger partial charge in [-0.3, -0.25) is 9.67 Å². The van der Waals surface area contributed by atoms with Crippen molar-refractivity contribution in [3.63, 3.8) is 0 Å². The predicted molar refractivity (Wildman–Crippen MR) is 105 cm³/mol. The Morgan fingerprint density at radius 1 is 1.28 bits per heavy atom. The minimum atomic E-state index is 0.298. The lowest BCUT2D eigenvalue weighted by Gasteiger charge is -2.21. The molecule has 1 aromatic rings. The van der Waals surface area contributed by atoms with Gasteiger partial charge in [0.15, 0.2) is 5.96 Å². The molecule has 0 bridgehead atoms. The minimum absolute atomic E-state index is 0.298. The van der Waals surface area contributed by atoms with Crippen LogP contribution >= 0.6 is 0 Å². The van der Waals surface area contributed by atoms with Crippen LogP contribution in [0.3, 0.4) is 0 Å². The summed E-state index contributed by atoms with van der Waals surface area (Å²) < 4.78 is 7.85. The number of nitrogens with one attached hydrogen (secondary N) is 2. The monoisotopic (exact) mass is 351 g/mol. The maximum absolute atomic E-state index is 5.80. The van der Waals surface area contributed by atoms with Crippen molar-refractivity contribution in [2.24, 2.45) is 10.9 Å². The molecule has 0 aliphatic rings. The van der Waals surface area contributed by atoms with Crippen molar-refractivity contribution in [3.8, 4) is 0 Å². The summed E-state index contributed by atoms with van der Waals surface area (Å²) in [7, 11) is 0. The van der Waals surface area contributed by atoms with Gasteiger partial charge in [-0.2, -0.15) is 5.10 Å². The summed E-state index contributed by atoms with van der Waals surface area (Å²) in [5.41, 5.74) is 2.28. The molecule has 0 radical (unpaired) electrons. The lowest BCUT2D eigenvalue weighted by atomic mass is 10.0. The van der Waals surface area contributed by atoms with Crippen LogP contribution in [0.5, 0.6) is 0 Å². The standard InChI is InChI=1S/C19H37N5O/c1-7-20-19(22-12-10-18(15(3)4)25-8-2)21-11-9-13-24-17(6)14-16(5)23-24/h14-15,18H,7-13H2,1-6H3,(H2,20,21,22). The van der Waals surface area contributed by atoms with E-state index in [1.807, 2.05) is 6.92 Å². The van der Waals surface area contributed by atoms with Crippen LogP contribution in [0.2, 0.25) is 0 Å². The largest absolute Gasteiger partial charge is 0.378 e. The van der Waals surface area contributed by atoms with Gasteiger partial charge in [-0.25, -0.2) is 0 Å². The second-order valence-corrected chi connectivity index (χ2v) is 6.72. The van der Waals surface area contributed by atoms with Gasteiger partial charge in [-0.05, 0) is 52.5 Å². The zero-order valence-electron chi connectivity index (χ0n) is 16.9. The molecule has 0 spiro atoms. The lowest BCUT2D eigenvalue weighted by Crippen LogP contribution is -2.39. The Bertz CT molecular complexity index is 510. The third-order valence-electron chi connectivity index (χ3n) is 4.09. The molecule has 1 unspecified atom stereocenters. The summed E-state index contributed by atoms with van der Waals surface area (Å²) >= 11 is 0. The van der Waals surface area contributed by atoms with E-state index in [1.165, 1.54) is 5.69 Å². The Morgan fingerprint density at radius 2 is 2.04 bits per heavy atom. The van der Waals surface area contributed by atoms with E-state index in [1.54, 1.807) is 0 Å². The predicted octanol–water partition coefficient (Wildman–Crippen LogP) is 2.90. The molecule has 0 amide bonds. The molecule has 0 fully saturated rings. The van der Waals surface area contributed by atoms with Crippen molar-refractivity contribution >= 4 is 5.96 Å². The fourth-order valence-corrected chi connectivity index (χ4v) is 2.81. The van der Waals surface area contributed by atoms with Gasteiger partial charge in [-0.15, -0.1) is 0 Å². The van der Waals surface area contributed by atoms with Gasteiger partial charge in [0.25, 0.3) is 0 Å². The van der Waals surface area contributed by atoms with Gasteiger partial charge in [0, 0.05) is 38.5 Å². The zero-order valence-corrected chi connectivity index (χ0v) is 16.9. The summed E-state index contributed by atoms with van der Waals surface area (Å²) in [6.45, 7) is 16.9. The number of hydrogen-bond acceptors (Lipinski definition) is 3. The number of guanidine groups is 1. The molecule has 0 saturated carbocycles. The molecule has 0 aliphatic heterocycles. The van der Waals surface area contributed by atoms with Crippen LogP contribution in [-0.4, -0.2) is 48.1 Å². The number of ether oxygens (including phenoxy) is 1. The Balaban J connectivity index is 2.38. The highest BCUT2D eigenvalue weighted by atomic mass is 16.5. The maximum Gasteiger partial charge on any atom is 0.191 e. The van der Waals surface area contributed by atoms with E-state index in [0.717, 1.165) is 57.3 Å². The highest BCUT2D eigenvalue weighted by Crippen LogP contribution is 2.09. The zero-order chi connectivity index (χ0) is 18.7. The number of aryl methyl sites for hydroxylation is 3. The van der Waals surface area contributed by atoms with Gasteiger partial charge in [0.1, 0.15) is 0 Å². The van der Waals surface area contributed by atoms with Crippen LogP contribution in [-0.2, 0) is 11.3 Å². The first-order valence-corrected chi connectivity index (χ1v) is 9.62. The van der Waals surface area contributed by atoms with Crippen molar-refractivity contribution in [1.82, 2.24) is 20.4 Å². The SMILES string of the molecule is CCNC(=NCCCn1nc(C)cc1C)NCCC(OCC)C(C)C. The second-order valence-electron chi connectivity index (χ2n) is 6.72. The van der Waals surface area contributed by atoms with Gasteiger partial charge in [0.05, 0.1) is 11.8 Å². The Kier molecular flexibility index (Phi) is 10.2. The van der Waals surface area contributed by atoms with Crippen LogP contribution in [0.25, 0.3) is 0 Å². The fraction of sp³-hybridized carbons (Fsp3) is 0.789. The average Bonchev–Trinajstić information content (AvgIpc) is 2.88. The normalized spacial score (nSPS) is 13.3. The van der Waals surface area contributed by atoms with Crippen LogP contribution in [0.4, 0.5) is 0 Å². The summed E-state index contributed by atoms with van der Waals surface area (Å²) in [4.78, 5) is 4.67. The third kappa shape index (κ3) is 8.38. The van der Waals surface area contributed by atoms with Crippen LogP contribution < -0.4 is 10.6 Å². The highest BCUT2D eigenvalue weighted by Gasteiger charge is 2.12. The number of aromatic nitrogens is 2. The Morgan fingerprint density at radius 3 is 2.60 bits per heavy atom. The van der Waals surface area contributed by atoms with Crippen molar-refractivity contribution in [2.45, 2.75) is 67.0 Å². The van der Waals surface area contributed by atoms with E-state index >= 15 is 0 Å². The summed E-state index contributed by atoms with van der Waals surface area (Å²) in [6.07, 6.45) is 2.26. The molecular weight excluding hydrogens is 314 g/mol. The smallest absolute Gasteiger partial charge is 0.191 e. The number of rotatable bonds is 11. The number of aliphatic imine (C=N–C) groups is 1. The van der Waals surface area contributed by atoms with Crippen molar-refractivity contribution < 1.29 is 4.74 Å². The Hall–Kier alpha value is -1.56. The fourth-order valence-electron chi connectivity index (χ4n) is 2.81. The molecule has 25 heavy (non-hydrogen) atoms. The first kappa shape index (κ1) is 21.5. The van der Waals surface area contributed by atoms with Gasteiger partial charge in [0.2, 0.25) is 0 Å². The van der Waals surface area contributed by atoms with Gasteiger partial charge < -0.3 is 15.4 Å². The van der Waals surface area contributed by atoms with Crippen molar-refractivity contribution in [2.75, 3.05) is 26.2 Å². The molecule has 6 heteroatoms. The van der Waals surface area contributed by atoms with E-state index in [9.17, 15) is 0 Å². The molecule has 0 aliphatic carbocycles. The maximum atomic E-state index is 5.80. The molecule has 1 aromatic heterocycles. The number of nitrogens with zero attached hydrogens (tertiary/aromatic N) is 3. The molecule has 1 atom stereocenters. The van der Waals surface area contributed by atoms with Crippen LogP contribution in [0, 0.1) is 19.8 Å². The van der Waals surface area contributed by atoms with Crippen LogP contribution in [0.15, 0.2) is 11.1 Å². The molecule has 6 nitrogen and oxygen atoms in total. The lowest BCUT2D eigenvalue weighted by molar-refractivity contribution is 0.0258. The van der Waals surface area contributed by atoms with E-state index in [-0.39, 0.29) is 0 Å². The second kappa shape index (κ2) is 11.9. The quantitative estimate of drug-likeness (QED) is 0.365. The number of hydrogen-bond donors (Lipinski definition) is 2. The first-order chi connectivity index (χ1) is 12.0. The molecule has 0 aromatic carbocycles. The van der Waals surface area contributed by atoms with Gasteiger partial charge in [-0.1, -0.05) is 13.8 Å². The average molecular weight is 352 g/mol. The van der Waals surface area contributed by atoms with Crippen LogP contribution in [0.1, 0.15) is 51.9 Å². The van der Waals surface area contributed by atoms with E-state index < -0.39 is 0 Å². The summed E-state index contributed by atoms with van der Waals surface area (Å²) in [5.74, 6) is 1.41. The third-order valence-corrected chi connectivity index (χ3v) is 4.09. The molecule has 2 N–H and O–H groups in total. The summed E-state index contributed by atoms with van der Waals surface area (Å²) in [6, 6.07) is 2.11. The van der Waals surface area contributed by atoms with Crippen molar-refractivity contribution in [3.05, 3.63) is 17.5 Å². The molecule has 144 valence electrons. The molecule has 1 heterocycles. The topological polar surface area (TPSA) is 63.5 Å². The summed E-state index contributed by atoms with van der Waals surface area (Å²) in [5, 5.41) is 11.2. The molecular formula is C19H37N5O. The van der Waals surface area contributed by atoms with E-state index in [4.69, 9.17) is 4.74 Å².